The Bertz CT molecular complexity index is 980. The van der Waals surface area contributed by atoms with Crippen LogP contribution in [-0.4, -0.2) is 33.9 Å². The largest absolute Gasteiger partial charge is 0.456 e. The van der Waals surface area contributed by atoms with Gasteiger partial charge in [0.2, 0.25) is 0 Å². The van der Waals surface area contributed by atoms with Crippen molar-refractivity contribution in [1.29, 1.82) is 0 Å². The Morgan fingerprint density at radius 1 is 1.14 bits per heavy atom. The molecule has 0 radical (unpaired) electrons. The van der Waals surface area contributed by atoms with Crippen LogP contribution in [0.15, 0.2) is 48.8 Å². The average Bonchev–Trinajstić information content (AvgIpc) is 3.13. The summed E-state index contributed by atoms with van der Waals surface area (Å²) in [5, 5.41) is 7.18. The van der Waals surface area contributed by atoms with Crippen molar-refractivity contribution in [3.05, 3.63) is 65.9 Å². The Morgan fingerprint density at radius 3 is 2.55 bits per heavy atom. The van der Waals surface area contributed by atoms with Crippen LogP contribution < -0.4 is 10.1 Å². The average molecular weight is 396 g/mol. The van der Waals surface area contributed by atoms with Gasteiger partial charge in [-0.3, -0.25) is 9.48 Å². The molecule has 1 aliphatic heterocycles. The first-order valence-corrected chi connectivity index (χ1v) is 9.43. The molecule has 1 aliphatic rings. The fourth-order valence-electron chi connectivity index (χ4n) is 3.28. The molecule has 4 rings (SSSR count). The second kappa shape index (κ2) is 8.40. The monoisotopic (exact) mass is 396 g/mol. The maximum Gasteiger partial charge on any atom is 0.260 e. The summed E-state index contributed by atoms with van der Waals surface area (Å²) in [4.78, 5) is 16.9. The van der Waals surface area contributed by atoms with E-state index in [0.717, 1.165) is 18.5 Å². The zero-order valence-electron chi connectivity index (χ0n) is 16.0. The molecule has 1 amide bonds. The first kappa shape index (κ1) is 19.1. The van der Waals surface area contributed by atoms with Gasteiger partial charge in [0.1, 0.15) is 23.1 Å². The second-order valence-electron chi connectivity index (χ2n) is 6.82. The molecule has 1 aromatic carbocycles. The van der Waals surface area contributed by atoms with Crippen LogP contribution in [0.25, 0.3) is 0 Å². The molecule has 0 aliphatic carbocycles. The van der Waals surface area contributed by atoms with Gasteiger partial charge in [0.05, 0.1) is 24.0 Å². The number of hydrogen-bond acceptors (Lipinski definition) is 5. The number of halogens is 1. The number of carbonyl (C=O) groups is 1. The van der Waals surface area contributed by atoms with Gasteiger partial charge in [0.15, 0.2) is 0 Å². The second-order valence-corrected chi connectivity index (χ2v) is 6.82. The summed E-state index contributed by atoms with van der Waals surface area (Å²) in [7, 11) is 0. The van der Waals surface area contributed by atoms with Crippen molar-refractivity contribution in [3.8, 4) is 11.5 Å². The minimum absolute atomic E-state index is 0.256. The van der Waals surface area contributed by atoms with Crippen LogP contribution in [0, 0.1) is 12.7 Å². The summed E-state index contributed by atoms with van der Waals surface area (Å²) in [6.07, 6.45) is 4.87. The topological polar surface area (TPSA) is 78.3 Å². The van der Waals surface area contributed by atoms with Crippen LogP contribution in [0.3, 0.4) is 0 Å². The number of amides is 1. The highest BCUT2D eigenvalue weighted by atomic mass is 19.1. The van der Waals surface area contributed by atoms with Gasteiger partial charge in [-0.1, -0.05) is 0 Å². The third-order valence-electron chi connectivity index (χ3n) is 4.85. The minimum atomic E-state index is -0.330. The number of benzene rings is 1. The quantitative estimate of drug-likeness (QED) is 0.702. The van der Waals surface area contributed by atoms with Crippen molar-refractivity contribution in [2.45, 2.75) is 25.8 Å². The molecule has 0 saturated carbocycles. The number of aromatic nitrogens is 3. The lowest BCUT2D eigenvalue weighted by Gasteiger charge is -2.23. The van der Waals surface area contributed by atoms with Crippen molar-refractivity contribution >= 4 is 11.7 Å². The summed E-state index contributed by atoms with van der Waals surface area (Å²) >= 11 is 0. The van der Waals surface area contributed by atoms with Crippen molar-refractivity contribution in [2.75, 3.05) is 18.5 Å². The van der Waals surface area contributed by atoms with Crippen LogP contribution >= 0.6 is 0 Å². The first-order valence-electron chi connectivity index (χ1n) is 9.43. The zero-order valence-corrected chi connectivity index (χ0v) is 16.0. The van der Waals surface area contributed by atoms with Gasteiger partial charge in [-0.25, -0.2) is 9.37 Å². The van der Waals surface area contributed by atoms with Crippen molar-refractivity contribution in [2.24, 2.45) is 0 Å². The molecule has 3 heterocycles. The molecule has 0 spiro atoms. The number of rotatable bonds is 5. The summed E-state index contributed by atoms with van der Waals surface area (Å²) in [6, 6.07) is 9.29. The summed E-state index contributed by atoms with van der Waals surface area (Å²) in [5.74, 6) is 0.795. The molecule has 2 aromatic heterocycles. The van der Waals surface area contributed by atoms with Gasteiger partial charge in [-0.05, 0) is 56.2 Å². The number of hydrogen-bond donors (Lipinski definition) is 1. The summed E-state index contributed by atoms with van der Waals surface area (Å²) in [6.45, 7) is 3.31. The van der Waals surface area contributed by atoms with E-state index in [2.05, 4.69) is 15.4 Å². The number of carbonyl (C=O) groups excluding carboxylic acids is 1. The molecular weight excluding hydrogens is 375 g/mol. The summed E-state index contributed by atoms with van der Waals surface area (Å²) < 4.78 is 25.9. The van der Waals surface area contributed by atoms with Crippen molar-refractivity contribution in [3.63, 3.8) is 0 Å². The van der Waals surface area contributed by atoms with Gasteiger partial charge in [-0.2, -0.15) is 5.10 Å². The van der Waals surface area contributed by atoms with E-state index in [-0.39, 0.29) is 17.8 Å². The van der Waals surface area contributed by atoms with E-state index in [1.54, 1.807) is 18.3 Å². The number of pyridine rings is 1. The van der Waals surface area contributed by atoms with Crippen LogP contribution in [-0.2, 0) is 4.74 Å². The number of nitrogens with zero attached hydrogens (tertiary/aromatic N) is 3. The van der Waals surface area contributed by atoms with Crippen LogP contribution in [0.2, 0.25) is 0 Å². The van der Waals surface area contributed by atoms with Gasteiger partial charge in [-0.15, -0.1) is 0 Å². The zero-order chi connectivity index (χ0) is 20.2. The highest BCUT2D eigenvalue weighted by Crippen LogP contribution is 2.24. The third kappa shape index (κ3) is 4.43. The minimum Gasteiger partial charge on any atom is -0.456 e. The van der Waals surface area contributed by atoms with E-state index in [9.17, 15) is 9.18 Å². The lowest BCUT2D eigenvalue weighted by molar-refractivity contribution is 0.0656. The van der Waals surface area contributed by atoms with E-state index in [1.165, 1.54) is 30.5 Å². The number of ether oxygens (including phenoxy) is 2. The molecule has 150 valence electrons. The maximum absolute atomic E-state index is 13.0. The lowest BCUT2D eigenvalue weighted by Crippen LogP contribution is -2.22. The third-order valence-corrected chi connectivity index (χ3v) is 4.85. The molecule has 0 unspecified atom stereocenters. The van der Waals surface area contributed by atoms with E-state index < -0.39 is 0 Å². The van der Waals surface area contributed by atoms with E-state index >= 15 is 0 Å². The highest BCUT2D eigenvalue weighted by molar-refractivity contribution is 6.04. The lowest BCUT2D eigenvalue weighted by atomic mass is 10.1. The van der Waals surface area contributed by atoms with Gasteiger partial charge in [0.25, 0.3) is 5.91 Å². The SMILES string of the molecule is Cc1c(C(=O)Nc2ccc(Oc3ccc(F)cc3)cn2)cnn1C1CCOCC1. The molecule has 1 N–H and O–H groups in total. The number of anilines is 1. The van der Waals surface area contributed by atoms with E-state index in [1.807, 2.05) is 11.6 Å². The Balaban J connectivity index is 1.40. The van der Waals surface area contributed by atoms with E-state index in [0.29, 0.717) is 36.1 Å². The Morgan fingerprint density at radius 2 is 1.86 bits per heavy atom. The predicted molar refractivity (Wildman–Crippen MR) is 105 cm³/mol. The molecule has 7 nitrogen and oxygen atoms in total. The fourth-order valence-corrected chi connectivity index (χ4v) is 3.28. The standard InChI is InChI=1S/C21H21FN4O3/c1-14-19(13-24-26(14)16-8-10-28-11-9-16)21(27)25-20-7-6-18(12-23-20)29-17-4-2-15(22)3-5-17/h2-7,12-13,16H,8-11H2,1H3,(H,23,25,27). The molecular formula is C21H21FN4O3. The van der Waals surface area contributed by atoms with Crippen LogP contribution in [0.5, 0.6) is 11.5 Å². The molecule has 8 heteroatoms. The molecule has 0 bridgehead atoms. The van der Waals surface area contributed by atoms with Crippen molar-refractivity contribution in [1.82, 2.24) is 14.8 Å². The molecule has 0 atom stereocenters. The van der Waals surface area contributed by atoms with Crippen LogP contribution in [0.4, 0.5) is 10.2 Å². The van der Waals surface area contributed by atoms with Gasteiger partial charge in [0, 0.05) is 18.9 Å². The normalized spacial score (nSPS) is 14.6. The Hall–Kier alpha value is -3.26. The highest BCUT2D eigenvalue weighted by Gasteiger charge is 2.22. The van der Waals surface area contributed by atoms with Crippen molar-refractivity contribution < 1.29 is 18.7 Å². The Labute approximate surface area is 167 Å². The van der Waals surface area contributed by atoms with Gasteiger partial charge >= 0.3 is 0 Å². The molecule has 29 heavy (non-hydrogen) atoms. The Kier molecular flexibility index (Phi) is 5.53. The van der Waals surface area contributed by atoms with Crippen LogP contribution in [0.1, 0.15) is 34.9 Å². The number of nitrogens with one attached hydrogen (secondary N) is 1. The smallest absolute Gasteiger partial charge is 0.260 e. The maximum atomic E-state index is 13.0. The predicted octanol–water partition coefficient (Wildman–Crippen LogP) is 4.12. The first-order chi connectivity index (χ1) is 14.1. The van der Waals surface area contributed by atoms with E-state index in [4.69, 9.17) is 9.47 Å². The molecule has 1 saturated heterocycles. The fraction of sp³-hybridized carbons (Fsp3) is 0.286. The van der Waals surface area contributed by atoms with Gasteiger partial charge < -0.3 is 14.8 Å². The molecule has 1 fully saturated rings. The molecule has 3 aromatic rings. The summed E-state index contributed by atoms with van der Waals surface area (Å²) in [5.41, 5.74) is 1.34.